The minimum absolute atomic E-state index is 0.265. The lowest BCUT2D eigenvalue weighted by Crippen LogP contribution is -1.98. The Labute approximate surface area is 118 Å². The quantitative estimate of drug-likeness (QED) is 0.569. The van der Waals surface area contributed by atoms with E-state index >= 15 is 0 Å². The zero-order valence-corrected chi connectivity index (χ0v) is 10.7. The van der Waals surface area contributed by atoms with Gasteiger partial charge in [0.05, 0.1) is 11.1 Å². The summed E-state index contributed by atoms with van der Waals surface area (Å²) in [6, 6.07) is 11.8. The molecule has 0 amide bonds. The van der Waals surface area contributed by atoms with Gasteiger partial charge in [0.15, 0.2) is 5.75 Å². The lowest BCUT2D eigenvalue weighted by molar-refractivity contribution is 0.469. The number of azo groups is 1. The Balaban J connectivity index is 2.08. The summed E-state index contributed by atoms with van der Waals surface area (Å²) in [4.78, 5) is 11.8. The predicted octanol–water partition coefficient (Wildman–Crippen LogP) is 4.05. The number of benzene rings is 2. The first-order valence-corrected chi connectivity index (χ1v) is 6.07. The maximum atomic E-state index is 12.8. The van der Waals surface area contributed by atoms with Gasteiger partial charge in [0.2, 0.25) is 5.69 Å². The molecule has 21 heavy (non-hydrogen) atoms. The van der Waals surface area contributed by atoms with Crippen LogP contribution in [0.25, 0.3) is 11.0 Å². The fourth-order valence-electron chi connectivity index (χ4n) is 1.83. The monoisotopic (exact) mass is 284 g/mol. The fourth-order valence-corrected chi connectivity index (χ4v) is 1.83. The number of para-hydroxylation sites is 1. The first kappa shape index (κ1) is 13.0. The maximum absolute atomic E-state index is 12.8. The highest BCUT2D eigenvalue weighted by molar-refractivity contribution is 5.87. The van der Waals surface area contributed by atoms with Gasteiger partial charge in [-0.2, -0.15) is 5.11 Å². The van der Waals surface area contributed by atoms with Crippen molar-refractivity contribution >= 4 is 22.3 Å². The van der Waals surface area contributed by atoms with E-state index in [2.05, 4.69) is 10.2 Å². The zero-order valence-electron chi connectivity index (χ0n) is 10.7. The van der Waals surface area contributed by atoms with Crippen molar-refractivity contribution in [2.24, 2.45) is 10.2 Å². The van der Waals surface area contributed by atoms with Crippen molar-refractivity contribution in [2.75, 3.05) is 0 Å². The highest BCUT2D eigenvalue weighted by Crippen LogP contribution is 2.32. The molecule has 5 nitrogen and oxygen atoms in total. The van der Waals surface area contributed by atoms with Crippen LogP contribution >= 0.6 is 0 Å². The summed E-state index contributed by atoms with van der Waals surface area (Å²) >= 11 is 0. The molecular weight excluding hydrogens is 275 g/mol. The first-order chi connectivity index (χ1) is 10.1. The van der Waals surface area contributed by atoms with Crippen LogP contribution in [0.5, 0.6) is 5.75 Å². The summed E-state index contributed by atoms with van der Waals surface area (Å²) in [5.41, 5.74) is -0.473. The topological polar surface area (TPSA) is 75.2 Å². The molecule has 1 aromatic heterocycles. The molecule has 1 heterocycles. The Morgan fingerprint density at radius 3 is 2.48 bits per heavy atom. The van der Waals surface area contributed by atoms with Crippen molar-refractivity contribution in [2.45, 2.75) is 0 Å². The highest BCUT2D eigenvalue weighted by atomic mass is 19.1. The van der Waals surface area contributed by atoms with Crippen molar-refractivity contribution in [3.63, 3.8) is 0 Å². The van der Waals surface area contributed by atoms with Gasteiger partial charge in [0, 0.05) is 0 Å². The molecule has 2 aromatic carbocycles. The van der Waals surface area contributed by atoms with Crippen LogP contribution in [-0.2, 0) is 0 Å². The van der Waals surface area contributed by atoms with Crippen LogP contribution in [0.1, 0.15) is 0 Å². The number of hydrogen-bond donors (Lipinski definition) is 1. The smallest absolute Gasteiger partial charge is 0.368 e. The van der Waals surface area contributed by atoms with Crippen molar-refractivity contribution in [3.8, 4) is 5.75 Å². The lowest BCUT2D eigenvalue weighted by atomic mass is 10.2. The molecule has 3 rings (SSSR count). The summed E-state index contributed by atoms with van der Waals surface area (Å²) < 4.78 is 17.8. The van der Waals surface area contributed by atoms with E-state index in [-0.39, 0.29) is 17.0 Å². The van der Waals surface area contributed by atoms with Crippen molar-refractivity contribution in [1.82, 2.24) is 0 Å². The summed E-state index contributed by atoms with van der Waals surface area (Å²) in [6.07, 6.45) is 0. The molecule has 0 spiro atoms. The van der Waals surface area contributed by atoms with Gasteiger partial charge in [-0.05, 0) is 36.4 Å². The van der Waals surface area contributed by atoms with E-state index in [4.69, 9.17) is 4.42 Å². The molecule has 0 unspecified atom stereocenters. The minimum atomic E-state index is -0.794. The third-order valence-electron chi connectivity index (χ3n) is 2.85. The van der Waals surface area contributed by atoms with Gasteiger partial charge < -0.3 is 9.52 Å². The average Bonchev–Trinajstić information content (AvgIpc) is 2.49. The largest absolute Gasteiger partial charge is 0.505 e. The van der Waals surface area contributed by atoms with Crippen molar-refractivity contribution in [1.29, 1.82) is 0 Å². The molecule has 0 saturated carbocycles. The molecule has 1 N–H and O–H groups in total. The van der Waals surface area contributed by atoms with E-state index < -0.39 is 11.4 Å². The van der Waals surface area contributed by atoms with Gasteiger partial charge in [-0.1, -0.05) is 12.1 Å². The van der Waals surface area contributed by atoms with Crippen LogP contribution in [0.4, 0.5) is 15.8 Å². The maximum Gasteiger partial charge on any atom is 0.368 e. The van der Waals surface area contributed by atoms with Gasteiger partial charge in [0.25, 0.3) is 0 Å². The molecule has 0 saturated heterocycles. The second-order valence-electron chi connectivity index (χ2n) is 4.26. The van der Waals surface area contributed by atoms with Crippen LogP contribution in [0.2, 0.25) is 0 Å². The van der Waals surface area contributed by atoms with Gasteiger partial charge in [-0.15, -0.1) is 5.11 Å². The Morgan fingerprint density at radius 2 is 1.71 bits per heavy atom. The molecule has 0 aliphatic carbocycles. The summed E-state index contributed by atoms with van der Waals surface area (Å²) in [6.45, 7) is 0. The van der Waals surface area contributed by atoms with E-state index in [1.807, 2.05) is 0 Å². The Hall–Kier alpha value is -3.02. The standard InChI is InChI=1S/C15H9FN2O3/c16-9-5-7-10(8-6-9)17-18-13-14(19)11-3-1-2-4-12(11)21-15(13)20/h1-8,19H. The SMILES string of the molecule is O=c1oc2ccccc2c(O)c1N=Nc1ccc(F)cc1. The molecule has 0 atom stereocenters. The number of hydrogen-bond acceptors (Lipinski definition) is 5. The second-order valence-corrected chi connectivity index (χ2v) is 4.26. The predicted molar refractivity (Wildman–Crippen MR) is 74.7 cm³/mol. The molecular formula is C15H9FN2O3. The lowest BCUT2D eigenvalue weighted by Gasteiger charge is -2.01. The molecule has 0 fully saturated rings. The summed E-state index contributed by atoms with van der Waals surface area (Å²) in [5, 5.41) is 17.9. The van der Waals surface area contributed by atoms with Crippen molar-refractivity contribution in [3.05, 3.63) is 64.8 Å². The van der Waals surface area contributed by atoms with Crippen LogP contribution < -0.4 is 5.63 Å². The van der Waals surface area contributed by atoms with Gasteiger partial charge in [-0.25, -0.2) is 9.18 Å². The highest BCUT2D eigenvalue weighted by Gasteiger charge is 2.13. The number of nitrogens with zero attached hydrogens (tertiary/aromatic N) is 2. The molecule has 6 heteroatoms. The average molecular weight is 284 g/mol. The summed E-state index contributed by atoms with van der Waals surface area (Å²) in [7, 11) is 0. The van der Waals surface area contributed by atoms with Gasteiger partial charge in [-0.3, -0.25) is 0 Å². The van der Waals surface area contributed by atoms with E-state index in [0.717, 1.165) is 0 Å². The molecule has 104 valence electrons. The Kier molecular flexibility index (Phi) is 3.19. The minimum Gasteiger partial charge on any atom is -0.505 e. The fraction of sp³-hybridized carbons (Fsp3) is 0. The Morgan fingerprint density at radius 1 is 1.00 bits per heavy atom. The van der Waals surface area contributed by atoms with E-state index in [0.29, 0.717) is 11.1 Å². The van der Waals surface area contributed by atoms with Gasteiger partial charge >= 0.3 is 5.63 Å². The van der Waals surface area contributed by atoms with E-state index in [1.54, 1.807) is 24.3 Å². The third kappa shape index (κ3) is 2.51. The molecule has 0 aliphatic rings. The van der Waals surface area contributed by atoms with Crippen molar-refractivity contribution < 1.29 is 13.9 Å². The number of aromatic hydroxyl groups is 1. The first-order valence-electron chi connectivity index (χ1n) is 6.07. The number of halogens is 1. The third-order valence-corrected chi connectivity index (χ3v) is 2.85. The summed E-state index contributed by atoms with van der Waals surface area (Å²) in [5.74, 6) is -0.699. The van der Waals surface area contributed by atoms with Crippen LogP contribution in [0, 0.1) is 5.82 Å². The number of rotatable bonds is 2. The Bertz CT molecular complexity index is 886. The number of fused-ring (bicyclic) bond motifs is 1. The van der Waals surface area contributed by atoms with Crippen LogP contribution in [-0.4, -0.2) is 5.11 Å². The van der Waals surface area contributed by atoms with Crippen LogP contribution in [0.3, 0.4) is 0 Å². The molecule has 3 aromatic rings. The van der Waals surface area contributed by atoms with E-state index in [9.17, 15) is 14.3 Å². The molecule has 0 aliphatic heterocycles. The van der Waals surface area contributed by atoms with E-state index in [1.165, 1.54) is 24.3 Å². The zero-order chi connectivity index (χ0) is 14.8. The second kappa shape index (κ2) is 5.16. The van der Waals surface area contributed by atoms with Crippen LogP contribution in [0.15, 0.2) is 68.0 Å². The molecule has 0 radical (unpaired) electrons. The molecule has 0 bridgehead atoms. The van der Waals surface area contributed by atoms with Gasteiger partial charge in [0.1, 0.15) is 11.4 Å². The normalized spacial score (nSPS) is 11.3.